The van der Waals surface area contributed by atoms with Crippen molar-refractivity contribution in [3.63, 3.8) is 0 Å². The molecule has 29 heavy (non-hydrogen) atoms. The number of halogens is 1. The fourth-order valence-corrected chi connectivity index (χ4v) is 4.61. The van der Waals surface area contributed by atoms with Crippen LogP contribution in [0.5, 0.6) is 11.5 Å². The molecule has 0 amide bonds. The zero-order valence-electron chi connectivity index (χ0n) is 17.8. The first kappa shape index (κ1) is 22.2. The van der Waals surface area contributed by atoms with Crippen LogP contribution < -0.4 is 14.8 Å². The molecule has 1 aliphatic rings. The topological polar surface area (TPSA) is 30.5 Å². The third-order valence-electron chi connectivity index (χ3n) is 5.53. The first-order valence-electron chi connectivity index (χ1n) is 11.0. The molecule has 4 heteroatoms. The Hall–Kier alpha value is -1.52. The first-order chi connectivity index (χ1) is 14.2. The maximum Gasteiger partial charge on any atom is 0.175 e. The summed E-state index contributed by atoms with van der Waals surface area (Å²) in [5, 5.41) is 3.77. The minimum absolute atomic E-state index is 0.528. The van der Waals surface area contributed by atoms with E-state index in [0.29, 0.717) is 19.3 Å². The third kappa shape index (κ3) is 7.04. The third-order valence-corrected chi connectivity index (χ3v) is 6.12. The van der Waals surface area contributed by atoms with Crippen molar-refractivity contribution in [1.29, 1.82) is 0 Å². The van der Waals surface area contributed by atoms with Gasteiger partial charge in [-0.2, -0.15) is 0 Å². The van der Waals surface area contributed by atoms with Gasteiger partial charge in [0.15, 0.2) is 11.5 Å². The van der Waals surface area contributed by atoms with Crippen LogP contribution in [0.25, 0.3) is 0 Å². The molecule has 0 heterocycles. The van der Waals surface area contributed by atoms with Gasteiger partial charge in [-0.25, -0.2) is 0 Å². The van der Waals surface area contributed by atoms with E-state index in [1.54, 1.807) is 0 Å². The van der Waals surface area contributed by atoms with E-state index in [1.165, 1.54) is 56.1 Å². The Morgan fingerprint density at radius 2 is 1.72 bits per heavy atom. The summed E-state index contributed by atoms with van der Waals surface area (Å²) in [6.07, 6.45) is 9.43. The second kappa shape index (κ2) is 11.6. The Morgan fingerprint density at radius 1 is 0.966 bits per heavy atom. The van der Waals surface area contributed by atoms with E-state index in [1.807, 2.05) is 6.92 Å². The molecule has 0 spiro atoms. The summed E-state index contributed by atoms with van der Waals surface area (Å²) in [6.45, 7) is 6.12. The Morgan fingerprint density at radius 3 is 2.45 bits per heavy atom. The lowest BCUT2D eigenvalue weighted by Crippen LogP contribution is -2.29. The highest BCUT2D eigenvalue weighted by Crippen LogP contribution is 2.37. The largest absolute Gasteiger partial charge is 0.490 e. The lowest BCUT2D eigenvalue weighted by Gasteiger charge is -2.22. The summed E-state index contributed by atoms with van der Waals surface area (Å²) >= 11 is 3.71. The summed E-state index contributed by atoms with van der Waals surface area (Å²) in [7, 11) is 0. The van der Waals surface area contributed by atoms with Gasteiger partial charge in [-0.15, -0.1) is 0 Å². The molecular formula is C25H34BrNO2. The SMILES string of the molecule is CCOc1cc(CNC2CCCCCCC2)cc(Br)c1OCc1cccc(C)c1. The zero-order chi connectivity index (χ0) is 20.5. The van der Waals surface area contributed by atoms with Gasteiger partial charge >= 0.3 is 0 Å². The number of aryl methyl sites for hydroxylation is 1. The van der Waals surface area contributed by atoms with Crippen LogP contribution in [0.1, 0.15) is 68.6 Å². The lowest BCUT2D eigenvalue weighted by atomic mass is 9.96. The van der Waals surface area contributed by atoms with Crippen LogP contribution >= 0.6 is 15.9 Å². The molecule has 0 aromatic heterocycles. The molecule has 0 atom stereocenters. The number of benzene rings is 2. The molecule has 1 aliphatic carbocycles. The van der Waals surface area contributed by atoms with E-state index in [-0.39, 0.29) is 0 Å². The van der Waals surface area contributed by atoms with Crippen molar-refractivity contribution in [3.8, 4) is 11.5 Å². The van der Waals surface area contributed by atoms with Crippen molar-refractivity contribution in [1.82, 2.24) is 5.32 Å². The Labute approximate surface area is 184 Å². The first-order valence-corrected chi connectivity index (χ1v) is 11.8. The predicted octanol–water partition coefficient (Wildman–Crippen LogP) is 6.94. The lowest BCUT2D eigenvalue weighted by molar-refractivity contribution is 0.267. The van der Waals surface area contributed by atoms with Gasteiger partial charge in [0.1, 0.15) is 6.61 Å². The van der Waals surface area contributed by atoms with E-state index < -0.39 is 0 Å². The molecule has 0 unspecified atom stereocenters. The van der Waals surface area contributed by atoms with E-state index in [0.717, 1.165) is 28.1 Å². The molecule has 1 saturated carbocycles. The van der Waals surface area contributed by atoms with Crippen molar-refractivity contribution >= 4 is 15.9 Å². The summed E-state index contributed by atoms with van der Waals surface area (Å²) in [5.41, 5.74) is 3.63. The summed E-state index contributed by atoms with van der Waals surface area (Å²) in [6, 6.07) is 13.3. The number of hydrogen-bond acceptors (Lipinski definition) is 3. The Kier molecular flexibility index (Phi) is 8.88. The highest BCUT2D eigenvalue weighted by atomic mass is 79.9. The van der Waals surface area contributed by atoms with Crippen LogP contribution in [-0.4, -0.2) is 12.6 Å². The molecule has 1 N–H and O–H groups in total. The molecule has 0 bridgehead atoms. The van der Waals surface area contributed by atoms with Gasteiger partial charge in [0.2, 0.25) is 0 Å². The normalized spacial score (nSPS) is 15.6. The van der Waals surface area contributed by atoms with E-state index in [4.69, 9.17) is 9.47 Å². The van der Waals surface area contributed by atoms with E-state index in [9.17, 15) is 0 Å². The molecule has 2 aromatic rings. The monoisotopic (exact) mass is 459 g/mol. The van der Waals surface area contributed by atoms with E-state index >= 15 is 0 Å². The molecule has 3 rings (SSSR count). The zero-order valence-corrected chi connectivity index (χ0v) is 19.4. The molecule has 0 saturated heterocycles. The van der Waals surface area contributed by atoms with Crippen LogP contribution in [-0.2, 0) is 13.2 Å². The van der Waals surface area contributed by atoms with Crippen LogP contribution in [0.2, 0.25) is 0 Å². The van der Waals surface area contributed by atoms with Gasteiger partial charge in [-0.3, -0.25) is 0 Å². The smallest absolute Gasteiger partial charge is 0.175 e. The van der Waals surface area contributed by atoms with Crippen molar-refractivity contribution in [2.75, 3.05) is 6.61 Å². The highest BCUT2D eigenvalue weighted by molar-refractivity contribution is 9.10. The van der Waals surface area contributed by atoms with Gasteiger partial charge in [-0.1, -0.05) is 61.9 Å². The van der Waals surface area contributed by atoms with Gasteiger partial charge in [-0.05, 0) is 65.9 Å². The minimum Gasteiger partial charge on any atom is -0.490 e. The molecule has 1 fully saturated rings. The highest BCUT2D eigenvalue weighted by Gasteiger charge is 2.15. The van der Waals surface area contributed by atoms with Gasteiger partial charge in [0, 0.05) is 12.6 Å². The number of ether oxygens (including phenoxy) is 2. The van der Waals surface area contributed by atoms with Crippen molar-refractivity contribution in [2.24, 2.45) is 0 Å². The number of rotatable bonds is 8. The number of hydrogen-bond donors (Lipinski definition) is 1. The van der Waals surface area contributed by atoms with Crippen molar-refractivity contribution in [2.45, 2.75) is 78.0 Å². The fourth-order valence-electron chi connectivity index (χ4n) is 4.01. The van der Waals surface area contributed by atoms with E-state index in [2.05, 4.69) is 64.6 Å². The molecule has 158 valence electrons. The molecule has 2 aromatic carbocycles. The molecular weight excluding hydrogens is 426 g/mol. The molecule has 0 radical (unpaired) electrons. The second-order valence-electron chi connectivity index (χ2n) is 8.04. The predicted molar refractivity (Wildman–Crippen MR) is 124 cm³/mol. The van der Waals surface area contributed by atoms with Gasteiger partial charge in [0.25, 0.3) is 0 Å². The van der Waals surface area contributed by atoms with Crippen LogP contribution in [0.3, 0.4) is 0 Å². The molecule has 3 nitrogen and oxygen atoms in total. The second-order valence-corrected chi connectivity index (χ2v) is 8.89. The van der Waals surface area contributed by atoms with Crippen molar-refractivity contribution < 1.29 is 9.47 Å². The van der Waals surface area contributed by atoms with Gasteiger partial charge in [0.05, 0.1) is 11.1 Å². The van der Waals surface area contributed by atoms with Gasteiger partial charge < -0.3 is 14.8 Å². The summed E-state index contributed by atoms with van der Waals surface area (Å²) in [5.74, 6) is 1.59. The quantitative estimate of drug-likeness (QED) is 0.463. The fraction of sp³-hybridized carbons (Fsp3) is 0.520. The maximum absolute atomic E-state index is 6.15. The average molecular weight is 460 g/mol. The van der Waals surface area contributed by atoms with Crippen LogP contribution in [0.4, 0.5) is 0 Å². The Bertz CT molecular complexity index is 769. The standard InChI is InChI=1S/C25H34BrNO2/c1-3-28-24-16-21(17-27-22-12-7-5-4-6-8-13-22)15-23(26)25(24)29-18-20-11-9-10-19(2)14-20/h9-11,14-16,22,27H,3-8,12-13,17-18H2,1-2H3. The molecule has 0 aliphatic heterocycles. The Balaban J connectivity index is 1.66. The van der Waals surface area contributed by atoms with Crippen LogP contribution in [0, 0.1) is 6.92 Å². The number of nitrogens with one attached hydrogen (secondary N) is 1. The maximum atomic E-state index is 6.15. The van der Waals surface area contributed by atoms with Crippen molar-refractivity contribution in [3.05, 3.63) is 57.6 Å². The van der Waals surface area contributed by atoms with Crippen LogP contribution in [0.15, 0.2) is 40.9 Å². The summed E-state index contributed by atoms with van der Waals surface area (Å²) < 4.78 is 13.0. The minimum atomic E-state index is 0.528. The average Bonchev–Trinajstić information content (AvgIpc) is 2.67. The summed E-state index contributed by atoms with van der Waals surface area (Å²) in [4.78, 5) is 0.